The minimum Gasteiger partial charge on any atom is -0.377 e. The van der Waals surface area contributed by atoms with E-state index < -0.39 is 0 Å². The van der Waals surface area contributed by atoms with E-state index in [0.29, 0.717) is 18.2 Å². The van der Waals surface area contributed by atoms with Gasteiger partial charge in [-0.3, -0.25) is 0 Å². The van der Waals surface area contributed by atoms with Crippen LogP contribution < -0.4 is 5.32 Å². The highest BCUT2D eigenvalue weighted by molar-refractivity contribution is 4.83. The molecular weight excluding hydrogens is 186 g/mol. The third kappa shape index (κ3) is 4.12. The molecule has 1 saturated heterocycles. The fourth-order valence-corrected chi connectivity index (χ4v) is 2.26. The molecule has 4 atom stereocenters. The fourth-order valence-electron chi connectivity index (χ4n) is 2.26. The van der Waals surface area contributed by atoms with Crippen LogP contribution in [0.15, 0.2) is 0 Å². The van der Waals surface area contributed by atoms with Crippen molar-refractivity contribution >= 4 is 0 Å². The minimum atomic E-state index is 0.399. The second kappa shape index (κ2) is 6.49. The third-order valence-corrected chi connectivity index (χ3v) is 3.70. The molecule has 4 unspecified atom stereocenters. The summed E-state index contributed by atoms with van der Waals surface area (Å²) in [5.74, 6) is 0.833. The molecule has 1 aliphatic heterocycles. The van der Waals surface area contributed by atoms with Crippen LogP contribution in [-0.2, 0) is 4.74 Å². The fraction of sp³-hybridized carbons (Fsp3) is 1.00. The summed E-state index contributed by atoms with van der Waals surface area (Å²) >= 11 is 0. The Labute approximate surface area is 94.8 Å². The molecule has 0 aromatic carbocycles. The Bertz CT molecular complexity index is 172. The van der Waals surface area contributed by atoms with Gasteiger partial charge in [0.1, 0.15) is 0 Å². The summed E-state index contributed by atoms with van der Waals surface area (Å²) in [6.45, 7) is 10.0. The SMILES string of the molecule is CCC(C)CC(CC)NC1CCOC1C. The molecule has 0 spiro atoms. The lowest BCUT2D eigenvalue weighted by atomic mass is 9.96. The van der Waals surface area contributed by atoms with Gasteiger partial charge in [-0.1, -0.05) is 27.2 Å². The molecule has 1 rings (SSSR count). The van der Waals surface area contributed by atoms with Crippen molar-refractivity contribution in [1.29, 1.82) is 0 Å². The molecule has 0 bridgehead atoms. The van der Waals surface area contributed by atoms with Crippen molar-refractivity contribution in [3.8, 4) is 0 Å². The first kappa shape index (κ1) is 13.0. The molecule has 1 aliphatic rings. The van der Waals surface area contributed by atoms with Crippen LogP contribution in [0.3, 0.4) is 0 Å². The molecule has 90 valence electrons. The van der Waals surface area contributed by atoms with Crippen LogP contribution in [-0.4, -0.2) is 24.8 Å². The van der Waals surface area contributed by atoms with Crippen LogP contribution in [0.4, 0.5) is 0 Å². The first-order valence-electron chi connectivity index (χ1n) is 6.55. The van der Waals surface area contributed by atoms with Crippen LogP contribution in [0.1, 0.15) is 53.4 Å². The molecular formula is C13H27NO. The normalized spacial score (nSPS) is 30.4. The van der Waals surface area contributed by atoms with Gasteiger partial charge in [-0.25, -0.2) is 0 Å². The highest BCUT2D eigenvalue weighted by atomic mass is 16.5. The van der Waals surface area contributed by atoms with E-state index in [1.807, 2.05) is 0 Å². The van der Waals surface area contributed by atoms with Crippen LogP contribution in [0.25, 0.3) is 0 Å². The molecule has 0 amide bonds. The van der Waals surface area contributed by atoms with Crippen molar-refractivity contribution in [3.05, 3.63) is 0 Å². The summed E-state index contributed by atoms with van der Waals surface area (Å²) in [6.07, 6.45) is 5.40. The smallest absolute Gasteiger partial charge is 0.0700 e. The number of ether oxygens (including phenoxy) is 1. The number of rotatable bonds is 6. The van der Waals surface area contributed by atoms with E-state index in [1.54, 1.807) is 0 Å². The van der Waals surface area contributed by atoms with Crippen molar-refractivity contribution < 1.29 is 4.74 Å². The van der Waals surface area contributed by atoms with E-state index in [9.17, 15) is 0 Å². The quantitative estimate of drug-likeness (QED) is 0.732. The van der Waals surface area contributed by atoms with Crippen LogP contribution >= 0.6 is 0 Å². The van der Waals surface area contributed by atoms with Gasteiger partial charge in [0.05, 0.1) is 6.10 Å². The Morgan fingerprint density at radius 3 is 2.53 bits per heavy atom. The Kier molecular flexibility index (Phi) is 5.62. The number of hydrogen-bond acceptors (Lipinski definition) is 2. The van der Waals surface area contributed by atoms with E-state index in [0.717, 1.165) is 12.5 Å². The number of nitrogens with one attached hydrogen (secondary N) is 1. The summed E-state index contributed by atoms with van der Waals surface area (Å²) in [5, 5.41) is 3.76. The first-order valence-corrected chi connectivity index (χ1v) is 6.55. The molecule has 15 heavy (non-hydrogen) atoms. The van der Waals surface area contributed by atoms with Gasteiger partial charge in [0, 0.05) is 18.7 Å². The maximum atomic E-state index is 5.58. The average molecular weight is 213 g/mol. The molecule has 0 aromatic heterocycles. The molecule has 1 N–H and O–H groups in total. The maximum absolute atomic E-state index is 5.58. The van der Waals surface area contributed by atoms with Crippen molar-refractivity contribution in [2.45, 2.75) is 71.6 Å². The summed E-state index contributed by atoms with van der Waals surface area (Å²) in [5.41, 5.74) is 0. The summed E-state index contributed by atoms with van der Waals surface area (Å²) < 4.78 is 5.58. The van der Waals surface area contributed by atoms with Gasteiger partial charge in [-0.15, -0.1) is 0 Å². The topological polar surface area (TPSA) is 21.3 Å². The Morgan fingerprint density at radius 2 is 2.07 bits per heavy atom. The third-order valence-electron chi connectivity index (χ3n) is 3.70. The number of hydrogen-bond donors (Lipinski definition) is 1. The molecule has 0 aromatic rings. The highest BCUT2D eigenvalue weighted by Gasteiger charge is 2.26. The molecule has 0 aliphatic carbocycles. The summed E-state index contributed by atoms with van der Waals surface area (Å²) in [7, 11) is 0. The Balaban J connectivity index is 2.32. The largest absolute Gasteiger partial charge is 0.377 e. The predicted molar refractivity (Wildman–Crippen MR) is 65.1 cm³/mol. The van der Waals surface area contributed by atoms with Crippen molar-refractivity contribution in [2.75, 3.05) is 6.61 Å². The molecule has 2 nitrogen and oxygen atoms in total. The van der Waals surface area contributed by atoms with E-state index in [4.69, 9.17) is 4.74 Å². The van der Waals surface area contributed by atoms with Gasteiger partial charge in [-0.05, 0) is 32.1 Å². The Morgan fingerprint density at radius 1 is 1.33 bits per heavy atom. The molecule has 2 heteroatoms. The lowest BCUT2D eigenvalue weighted by Crippen LogP contribution is -2.42. The second-order valence-corrected chi connectivity index (χ2v) is 4.99. The zero-order chi connectivity index (χ0) is 11.3. The second-order valence-electron chi connectivity index (χ2n) is 4.99. The Hall–Kier alpha value is -0.0800. The maximum Gasteiger partial charge on any atom is 0.0700 e. The zero-order valence-electron chi connectivity index (χ0n) is 10.8. The van der Waals surface area contributed by atoms with E-state index >= 15 is 0 Å². The molecule has 0 saturated carbocycles. The monoisotopic (exact) mass is 213 g/mol. The summed E-state index contributed by atoms with van der Waals surface area (Å²) in [4.78, 5) is 0. The van der Waals surface area contributed by atoms with Crippen LogP contribution in [0.2, 0.25) is 0 Å². The van der Waals surface area contributed by atoms with E-state index in [2.05, 4.69) is 33.0 Å². The van der Waals surface area contributed by atoms with Gasteiger partial charge in [0.15, 0.2) is 0 Å². The van der Waals surface area contributed by atoms with Gasteiger partial charge < -0.3 is 10.1 Å². The first-order chi connectivity index (χ1) is 7.17. The highest BCUT2D eigenvalue weighted by Crippen LogP contribution is 2.17. The van der Waals surface area contributed by atoms with Crippen LogP contribution in [0.5, 0.6) is 0 Å². The van der Waals surface area contributed by atoms with Gasteiger partial charge in [0.25, 0.3) is 0 Å². The summed E-state index contributed by atoms with van der Waals surface area (Å²) in [6, 6.07) is 1.26. The van der Waals surface area contributed by atoms with Gasteiger partial charge >= 0.3 is 0 Å². The van der Waals surface area contributed by atoms with Crippen molar-refractivity contribution in [3.63, 3.8) is 0 Å². The minimum absolute atomic E-state index is 0.399. The molecule has 1 fully saturated rings. The van der Waals surface area contributed by atoms with Crippen molar-refractivity contribution in [2.24, 2.45) is 5.92 Å². The van der Waals surface area contributed by atoms with Crippen molar-refractivity contribution in [1.82, 2.24) is 5.32 Å². The average Bonchev–Trinajstić information content (AvgIpc) is 2.63. The lowest BCUT2D eigenvalue weighted by molar-refractivity contribution is 0.109. The van der Waals surface area contributed by atoms with Crippen LogP contribution in [0, 0.1) is 5.92 Å². The van der Waals surface area contributed by atoms with E-state index in [1.165, 1.54) is 25.7 Å². The van der Waals surface area contributed by atoms with Gasteiger partial charge in [-0.2, -0.15) is 0 Å². The lowest BCUT2D eigenvalue weighted by Gasteiger charge is -2.25. The van der Waals surface area contributed by atoms with E-state index in [-0.39, 0.29) is 0 Å². The van der Waals surface area contributed by atoms with Gasteiger partial charge in [0.2, 0.25) is 0 Å². The predicted octanol–water partition coefficient (Wildman–Crippen LogP) is 2.97. The molecule has 1 heterocycles. The molecule has 0 radical (unpaired) electrons. The standard InChI is InChI=1S/C13H27NO/c1-5-10(3)9-12(6-2)14-13-7-8-15-11(13)4/h10-14H,5-9H2,1-4H3. The zero-order valence-corrected chi connectivity index (χ0v) is 10.8.